The first-order valence-electron chi connectivity index (χ1n) is 7.33. The van der Waals surface area contributed by atoms with Crippen molar-refractivity contribution in [1.82, 2.24) is 5.43 Å². The van der Waals surface area contributed by atoms with Crippen LogP contribution in [0.25, 0.3) is 0 Å². The maximum Gasteiger partial charge on any atom is 0.277 e. The van der Waals surface area contributed by atoms with Crippen LogP contribution in [0.15, 0.2) is 46.1 Å². The van der Waals surface area contributed by atoms with Gasteiger partial charge in [0.25, 0.3) is 5.91 Å². The van der Waals surface area contributed by atoms with Gasteiger partial charge in [-0.15, -0.1) is 0 Å². The van der Waals surface area contributed by atoms with Gasteiger partial charge in [-0.1, -0.05) is 12.1 Å². The van der Waals surface area contributed by atoms with Gasteiger partial charge < -0.3 is 13.9 Å². The van der Waals surface area contributed by atoms with E-state index in [9.17, 15) is 4.79 Å². The van der Waals surface area contributed by atoms with Crippen LogP contribution in [0.2, 0.25) is 0 Å². The molecule has 3 rings (SSSR count). The second-order valence-corrected chi connectivity index (χ2v) is 5.88. The fourth-order valence-electron chi connectivity index (χ4n) is 2.41. The van der Waals surface area contributed by atoms with E-state index in [-0.39, 0.29) is 18.1 Å². The Morgan fingerprint density at radius 3 is 3.04 bits per heavy atom. The van der Waals surface area contributed by atoms with Gasteiger partial charge in [0.2, 0.25) is 0 Å². The molecule has 1 aromatic carbocycles. The zero-order valence-electron chi connectivity index (χ0n) is 13.0. The minimum Gasteiger partial charge on any atom is -0.483 e. The third-order valence-corrected chi connectivity index (χ3v) is 3.34. The fourth-order valence-corrected chi connectivity index (χ4v) is 2.41. The Labute approximate surface area is 134 Å². The minimum absolute atomic E-state index is 0.143. The number of fused-ring (bicyclic) bond motifs is 1. The maximum absolute atomic E-state index is 11.8. The minimum atomic E-state index is -0.359. The Bertz CT molecular complexity index is 720. The van der Waals surface area contributed by atoms with Crippen LogP contribution in [0.4, 0.5) is 0 Å². The van der Waals surface area contributed by atoms with Crippen molar-refractivity contribution >= 4 is 12.1 Å². The molecule has 0 unspecified atom stereocenters. The molecule has 2 heterocycles. The molecule has 1 aromatic heterocycles. The van der Waals surface area contributed by atoms with Crippen molar-refractivity contribution in [2.75, 3.05) is 6.61 Å². The number of carbonyl (C=O) groups is 1. The molecule has 120 valence electrons. The van der Waals surface area contributed by atoms with E-state index >= 15 is 0 Å². The summed E-state index contributed by atoms with van der Waals surface area (Å²) in [7, 11) is 0. The summed E-state index contributed by atoms with van der Waals surface area (Å²) in [5.41, 5.74) is 3.21. The van der Waals surface area contributed by atoms with E-state index in [2.05, 4.69) is 10.5 Å². The Balaban J connectivity index is 1.55. The number of benzene rings is 1. The first-order valence-corrected chi connectivity index (χ1v) is 7.33. The number of ether oxygens (including phenoxy) is 2. The summed E-state index contributed by atoms with van der Waals surface area (Å²) in [4.78, 5) is 11.8. The van der Waals surface area contributed by atoms with E-state index in [1.54, 1.807) is 18.2 Å². The first-order chi connectivity index (χ1) is 11.0. The van der Waals surface area contributed by atoms with E-state index in [1.807, 2.05) is 26.0 Å². The van der Waals surface area contributed by atoms with Crippen molar-refractivity contribution < 1.29 is 18.7 Å². The Morgan fingerprint density at radius 2 is 2.26 bits per heavy atom. The molecule has 0 fully saturated rings. The number of furan rings is 1. The summed E-state index contributed by atoms with van der Waals surface area (Å²) >= 11 is 0. The Morgan fingerprint density at radius 1 is 1.39 bits per heavy atom. The number of rotatable bonds is 5. The van der Waals surface area contributed by atoms with Gasteiger partial charge in [0.05, 0.1) is 12.5 Å². The molecule has 1 aliphatic heterocycles. The highest BCUT2D eigenvalue weighted by atomic mass is 16.5. The van der Waals surface area contributed by atoms with Crippen molar-refractivity contribution in [2.24, 2.45) is 5.10 Å². The molecular weight excluding hydrogens is 296 g/mol. The molecule has 0 bridgehead atoms. The molecule has 1 aliphatic rings. The fraction of sp³-hybridized carbons (Fsp3) is 0.294. The molecule has 0 atom stereocenters. The molecule has 0 radical (unpaired) electrons. The summed E-state index contributed by atoms with van der Waals surface area (Å²) in [6.45, 7) is 3.90. The highest BCUT2D eigenvalue weighted by Crippen LogP contribution is 2.41. The number of hydrogen-bond acceptors (Lipinski definition) is 5. The average Bonchev–Trinajstić information content (AvgIpc) is 3.10. The lowest BCUT2D eigenvalue weighted by molar-refractivity contribution is -0.123. The monoisotopic (exact) mass is 314 g/mol. The summed E-state index contributed by atoms with van der Waals surface area (Å²) in [5.74, 6) is 1.48. The number of amides is 1. The highest BCUT2D eigenvalue weighted by Gasteiger charge is 2.32. The number of hydrogen-bond donors (Lipinski definition) is 1. The molecule has 1 amide bonds. The normalized spacial score (nSPS) is 15.2. The first kappa shape index (κ1) is 15.1. The largest absolute Gasteiger partial charge is 0.483 e. The van der Waals surface area contributed by atoms with E-state index in [0.717, 1.165) is 12.0 Å². The summed E-state index contributed by atoms with van der Waals surface area (Å²) in [6, 6.07) is 9.17. The SMILES string of the molecule is CC1(C)Cc2cccc(OCC(=O)N/N=C/c3ccco3)c2O1. The van der Waals surface area contributed by atoms with Crippen molar-refractivity contribution in [3.05, 3.63) is 47.9 Å². The number of carbonyl (C=O) groups excluding carboxylic acids is 1. The lowest BCUT2D eigenvalue weighted by Crippen LogP contribution is -2.26. The standard InChI is InChI=1S/C17H18N2O4/c1-17(2)9-12-5-3-7-14(16(12)23-17)22-11-15(20)19-18-10-13-6-4-8-21-13/h3-8,10H,9,11H2,1-2H3,(H,19,20)/b18-10+. The van der Waals surface area contributed by atoms with Crippen LogP contribution in [-0.2, 0) is 11.2 Å². The molecule has 2 aromatic rings. The van der Waals surface area contributed by atoms with Crippen LogP contribution in [-0.4, -0.2) is 24.3 Å². The van der Waals surface area contributed by atoms with Gasteiger partial charge in [0.15, 0.2) is 18.1 Å². The van der Waals surface area contributed by atoms with E-state index in [0.29, 0.717) is 17.3 Å². The van der Waals surface area contributed by atoms with Gasteiger partial charge in [-0.25, -0.2) is 5.43 Å². The lowest BCUT2D eigenvalue weighted by atomic mass is 10.0. The van der Waals surface area contributed by atoms with Gasteiger partial charge in [-0.2, -0.15) is 5.10 Å². The van der Waals surface area contributed by atoms with Gasteiger partial charge >= 0.3 is 0 Å². The molecule has 0 saturated heterocycles. The molecule has 0 spiro atoms. The van der Waals surface area contributed by atoms with Gasteiger partial charge in [0, 0.05) is 12.0 Å². The van der Waals surface area contributed by atoms with Crippen LogP contribution < -0.4 is 14.9 Å². The number of para-hydroxylation sites is 1. The predicted molar refractivity (Wildman–Crippen MR) is 84.8 cm³/mol. The zero-order valence-corrected chi connectivity index (χ0v) is 13.0. The molecule has 0 aliphatic carbocycles. The van der Waals surface area contributed by atoms with E-state index < -0.39 is 0 Å². The molecule has 1 N–H and O–H groups in total. The van der Waals surface area contributed by atoms with Crippen molar-refractivity contribution in [3.8, 4) is 11.5 Å². The van der Waals surface area contributed by atoms with Crippen LogP contribution in [0.1, 0.15) is 25.2 Å². The average molecular weight is 314 g/mol. The quantitative estimate of drug-likeness (QED) is 0.680. The maximum atomic E-state index is 11.8. The van der Waals surface area contributed by atoms with Crippen LogP contribution in [0, 0.1) is 0 Å². The molecule has 6 heteroatoms. The molecular formula is C17H18N2O4. The van der Waals surface area contributed by atoms with E-state index in [1.165, 1.54) is 12.5 Å². The van der Waals surface area contributed by atoms with Crippen LogP contribution >= 0.6 is 0 Å². The topological polar surface area (TPSA) is 73.1 Å². The summed E-state index contributed by atoms with van der Waals surface area (Å²) in [6.07, 6.45) is 3.77. The van der Waals surface area contributed by atoms with E-state index in [4.69, 9.17) is 13.9 Å². The van der Waals surface area contributed by atoms with Crippen LogP contribution in [0.3, 0.4) is 0 Å². The van der Waals surface area contributed by atoms with Gasteiger partial charge in [-0.3, -0.25) is 4.79 Å². The molecule has 23 heavy (non-hydrogen) atoms. The second kappa shape index (κ2) is 6.16. The third-order valence-electron chi connectivity index (χ3n) is 3.34. The smallest absolute Gasteiger partial charge is 0.277 e. The lowest BCUT2D eigenvalue weighted by Gasteiger charge is -2.18. The Hall–Kier alpha value is -2.76. The van der Waals surface area contributed by atoms with Crippen molar-refractivity contribution in [3.63, 3.8) is 0 Å². The highest BCUT2D eigenvalue weighted by molar-refractivity contribution is 5.81. The molecule has 0 saturated carbocycles. The van der Waals surface area contributed by atoms with Crippen molar-refractivity contribution in [2.45, 2.75) is 25.9 Å². The second-order valence-electron chi connectivity index (χ2n) is 5.88. The zero-order chi connectivity index (χ0) is 16.3. The molecule has 6 nitrogen and oxygen atoms in total. The Kier molecular flexibility index (Phi) is 4.06. The summed E-state index contributed by atoms with van der Waals surface area (Å²) < 4.78 is 16.5. The van der Waals surface area contributed by atoms with Gasteiger partial charge in [0.1, 0.15) is 11.4 Å². The predicted octanol–water partition coefficient (Wildman–Crippen LogP) is 2.52. The summed E-state index contributed by atoms with van der Waals surface area (Å²) in [5, 5.41) is 3.79. The van der Waals surface area contributed by atoms with Gasteiger partial charge in [-0.05, 0) is 32.0 Å². The number of nitrogens with one attached hydrogen (secondary N) is 1. The third kappa shape index (κ3) is 3.71. The number of nitrogens with zero attached hydrogens (tertiary/aromatic N) is 1. The van der Waals surface area contributed by atoms with Crippen molar-refractivity contribution in [1.29, 1.82) is 0 Å². The van der Waals surface area contributed by atoms with Crippen LogP contribution in [0.5, 0.6) is 11.5 Å². The number of hydrazone groups is 1.